The summed E-state index contributed by atoms with van der Waals surface area (Å²) in [5.74, 6) is -0.527. The lowest BCUT2D eigenvalue weighted by Gasteiger charge is -1.98. The molecule has 0 aromatic heterocycles. The first-order valence-electron chi connectivity index (χ1n) is 3.10. The molecule has 12 heavy (non-hydrogen) atoms. The summed E-state index contributed by atoms with van der Waals surface area (Å²) in [5, 5.41) is 0. The molecule has 5 heteroatoms. The smallest absolute Gasteiger partial charge is 0.187 e. The molecule has 66 valence electrons. The van der Waals surface area contributed by atoms with E-state index in [-0.39, 0.29) is 8.66 Å². The van der Waals surface area contributed by atoms with Gasteiger partial charge in [0.15, 0.2) is 9.84 Å². The highest BCUT2D eigenvalue weighted by Crippen LogP contribution is 2.13. The van der Waals surface area contributed by atoms with Crippen LogP contribution in [0.5, 0.6) is 0 Å². The molecule has 0 aliphatic rings. The first-order chi connectivity index (χ1) is 5.56. The average molecular weight is 300 g/mol. The lowest BCUT2D eigenvalue weighted by Crippen LogP contribution is -2.01. The Balaban J connectivity index is 3.21. The Labute approximate surface area is 83.8 Å². The first-order valence-corrected chi connectivity index (χ1v) is 6.28. The van der Waals surface area contributed by atoms with Gasteiger partial charge in [0.1, 0.15) is 9.58 Å². The summed E-state index contributed by atoms with van der Waals surface area (Å²) in [4.78, 5) is 0.0388. The topological polar surface area (TPSA) is 34.1 Å². The van der Waals surface area contributed by atoms with Gasteiger partial charge in [-0.15, -0.1) is 0 Å². The van der Waals surface area contributed by atoms with Crippen molar-refractivity contribution in [2.45, 2.75) is 4.90 Å². The van der Waals surface area contributed by atoms with Crippen LogP contribution in [-0.2, 0) is 9.84 Å². The van der Waals surface area contributed by atoms with Gasteiger partial charge in [0.2, 0.25) is 0 Å². The van der Waals surface area contributed by atoms with E-state index < -0.39 is 15.7 Å². The van der Waals surface area contributed by atoms with Gasteiger partial charge in [-0.2, -0.15) is 0 Å². The van der Waals surface area contributed by atoms with E-state index in [1.54, 1.807) is 22.6 Å². The number of sulfone groups is 1. The van der Waals surface area contributed by atoms with E-state index in [9.17, 15) is 12.8 Å². The molecule has 0 radical (unpaired) electrons. The molecule has 1 aromatic carbocycles. The maximum atomic E-state index is 12.6. The fourth-order valence-electron chi connectivity index (χ4n) is 0.723. The van der Waals surface area contributed by atoms with Gasteiger partial charge in [0.25, 0.3) is 0 Å². The number of benzene rings is 1. The zero-order valence-electron chi connectivity index (χ0n) is 6.00. The van der Waals surface area contributed by atoms with Crippen molar-refractivity contribution in [2.75, 3.05) is 3.76 Å². The first kappa shape index (κ1) is 9.91. The van der Waals surface area contributed by atoms with Crippen LogP contribution in [0, 0.1) is 5.82 Å². The van der Waals surface area contributed by atoms with Crippen LogP contribution in [-0.4, -0.2) is 12.2 Å². The third kappa shape index (κ3) is 2.16. The zero-order valence-corrected chi connectivity index (χ0v) is 8.97. The molecule has 0 amide bonds. The normalized spacial score (nSPS) is 11.5. The van der Waals surface area contributed by atoms with Crippen LogP contribution < -0.4 is 0 Å². The Hall–Kier alpha value is -0.170. The van der Waals surface area contributed by atoms with Gasteiger partial charge < -0.3 is 0 Å². The summed E-state index contributed by atoms with van der Waals surface area (Å²) in [6.07, 6.45) is 0. The van der Waals surface area contributed by atoms with E-state index in [2.05, 4.69) is 0 Å². The minimum absolute atomic E-state index is 0.0335. The second-order valence-electron chi connectivity index (χ2n) is 2.18. The van der Waals surface area contributed by atoms with Crippen molar-refractivity contribution in [3.63, 3.8) is 0 Å². The van der Waals surface area contributed by atoms with Gasteiger partial charge >= 0.3 is 0 Å². The minimum Gasteiger partial charge on any atom is -0.223 e. The summed E-state index contributed by atoms with van der Waals surface area (Å²) in [6, 6.07) is 5.01. The van der Waals surface area contributed by atoms with Crippen molar-refractivity contribution in [1.82, 2.24) is 0 Å². The fourth-order valence-corrected chi connectivity index (χ4v) is 2.51. The lowest BCUT2D eigenvalue weighted by molar-refractivity contribution is 0.595. The number of hydrogen-bond donors (Lipinski definition) is 0. The number of hydrogen-bond acceptors (Lipinski definition) is 2. The number of halogens is 2. The van der Waals surface area contributed by atoms with Gasteiger partial charge in [-0.25, -0.2) is 12.8 Å². The highest BCUT2D eigenvalue weighted by atomic mass is 127. The predicted molar refractivity (Wildman–Crippen MR) is 52.5 cm³/mol. The molecule has 0 bridgehead atoms. The summed E-state index contributed by atoms with van der Waals surface area (Å²) in [6.45, 7) is 0. The van der Waals surface area contributed by atoms with E-state index >= 15 is 0 Å². The van der Waals surface area contributed by atoms with Crippen molar-refractivity contribution in [2.24, 2.45) is 0 Å². The molecule has 0 aliphatic carbocycles. The summed E-state index contributed by atoms with van der Waals surface area (Å²) >= 11 is 1.74. The van der Waals surface area contributed by atoms with E-state index in [1.165, 1.54) is 18.2 Å². The van der Waals surface area contributed by atoms with Gasteiger partial charge in [-0.05, 0) is 18.2 Å². The van der Waals surface area contributed by atoms with Crippen LogP contribution >= 0.6 is 22.6 Å². The van der Waals surface area contributed by atoms with Crippen molar-refractivity contribution in [3.05, 3.63) is 30.1 Å². The molecule has 1 rings (SSSR count). The molecule has 0 saturated heterocycles. The Morgan fingerprint density at radius 3 is 2.58 bits per heavy atom. The van der Waals surface area contributed by atoms with Crippen molar-refractivity contribution < 1.29 is 12.8 Å². The maximum absolute atomic E-state index is 12.6. The van der Waals surface area contributed by atoms with Gasteiger partial charge in [-0.3, -0.25) is 0 Å². The molecular formula is C7H6FIO2S. The van der Waals surface area contributed by atoms with Crippen molar-refractivity contribution in [3.8, 4) is 0 Å². The largest absolute Gasteiger partial charge is 0.223 e. The Kier molecular flexibility index (Phi) is 3.05. The Morgan fingerprint density at radius 2 is 2.08 bits per heavy atom. The molecule has 0 fully saturated rings. The van der Waals surface area contributed by atoms with Crippen LogP contribution in [0.2, 0.25) is 0 Å². The van der Waals surface area contributed by atoms with Gasteiger partial charge in [0, 0.05) is 0 Å². The fraction of sp³-hybridized carbons (Fsp3) is 0.143. The predicted octanol–water partition coefficient (Wildman–Crippen LogP) is 1.99. The quantitative estimate of drug-likeness (QED) is 0.618. The number of rotatable bonds is 2. The van der Waals surface area contributed by atoms with Crippen LogP contribution in [0.1, 0.15) is 0 Å². The molecule has 0 spiro atoms. The minimum atomic E-state index is -3.27. The standard InChI is InChI=1S/C7H6FIO2S/c8-6-2-1-3-7(4-6)12(10,11)5-9/h1-4H,5H2. The van der Waals surface area contributed by atoms with Crippen molar-refractivity contribution >= 4 is 32.4 Å². The van der Waals surface area contributed by atoms with E-state index in [1.807, 2.05) is 0 Å². The maximum Gasteiger partial charge on any atom is 0.187 e. The van der Waals surface area contributed by atoms with Gasteiger partial charge in [0.05, 0.1) is 4.90 Å². The van der Waals surface area contributed by atoms with Crippen LogP contribution in [0.25, 0.3) is 0 Å². The van der Waals surface area contributed by atoms with Crippen LogP contribution in [0.3, 0.4) is 0 Å². The molecule has 0 aliphatic heterocycles. The highest BCUT2D eigenvalue weighted by Gasteiger charge is 2.11. The SMILES string of the molecule is O=S(=O)(CI)c1cccc(F)c1. The van der Waals surface area contributed by atoms with Crippen LogP contribution in [0.4, 0.5) is 4.39 Å². The molecule has 0 unspecified atom stereocenters. The monoisotopic (exact) mass is 300 g/mol. The van der Waals surface area contributed by atoms with Crippen molar-refractivity contribution in [1.29, 1.82) is 0 Å². The average Bonchev–Trinajstić information content (AvgIpc) is 2.05. The molecule has 0 atom stereocenters. The molecule has 2 nitrogen and oxygen atoms in total. The van der Waals surface area contributed by atoms with E-state index in [0.717, 1.165) is 6.07 Å². The van der Waals surface area contributed by atoms with E-state index in [4.69, 9.17) is 0 Å². The molecule has 0 heterocycles. The third-order valence-corrected chi connectivity index (χ3v) is 5.02. The lowest BCUT2D eigenvalue weighted by atomic mass is 10.4. The molecule has 0 saturated carbocycles. The third-order valence-electron chi connectivity index (χ3n) is 1.30. The summed E-state index contributed by atoms with van der Waals surface area (Å²) in [5.41, 5.74) is 0. The van der Waals surface area contributed by atoms with Crippen LogP contribution in [0.15, 0.2) is 29.2 Å². The summed E-state index contributed by atoms with van der Waals surface area (Å²) in [7, 11) is -3.27. The Morgan fingerprint density at radius 1 is 1.42 bits per heavy atom. The van der Waals surface area contributed by atoms with Gasteiger partial charge in [-0.1, -0.05) is 28.7 Å². The second-order valence-corrected chi connectivity index (χ2v) is 5.97. The zero-order chi connectivity index (χ0) is 9.19. The summed E-state index contributed by atoms with van der Waals surface area (Å²) < 4.78 is 34.9. The highest BCUT2D eigenvalue weighted by molar-refractivity contribution is 14.1. The van der Waals surface area contributed by atoms with E-state index in [0.29, 0.717) is 0 Å². The molecule has 0 N–H and O–H groups in total. The molecule has 1 aromatic rings. The Bertz CT molecular complexity index is 375. The second kappa shape index (κ2) is 3.69. The number of alkyl halides is 1. The molecular weight excluding hydrogens is 294 g/mol.